The first-order chi connectivity index (χ1) is 7.90. The first-order valence-corrected chi connectivity index (χ1v) is 5.84. The van der Waals surface area contributed by atoms with Gasteiger partial charge in [0.25, 0.3) is 0 Å². The summed E-state index contributed by atoms with van der Waals surface area (Å²) >= 11 is 0. The molecule has 4 heteroatoms. The second kappa shape index (κ2) is 5.94. The molecule has 2 heterocycles. The van der Waals surface area contributed by atoms with Gasteiger partial charge in [-0.2, -0.15) is 0 Å². The van der Waals surface area contributed by atoms with Crippen molar-refractivity contribution in [3.63, 3.8) is 0 Å². The second-order valence-corrected chi connectivity index (χ2v) is 4.09. The predicted molar refractivity (Wildman–Crippen MR) is 63.0 cm³/mol. The van der Waals surface area contributed by atoms with Gasteiger partial charge in [-0.15, -0.1) is 0 Å². The predicted octanol–water partition coefficient (Wildman–Crippen LogP) is 0.804. The molecule has 0 radical (unpaired) electrons. The van der Waals surface area contributed by atoms with E-state index in [4.69, 9.17) is 10.5 Å². The fraction of sp³-hybridized carbons (Fsp3) is 0.583. The van der Waals surface area contributed by atoms with E-state index in [0.29, 0.717) is 0 Å². The van der Waals surface area contributed by atoms with Gasteiger partial charge < -0.3 is 10.5 Å². The average Bonchev–Trinajstić information content (AvgIpc) is 2.38. The van der Waals surface area contributed by atoms with Crippen LogP contribution < -0.4 is 5.73 Å². The van der Waals surface area contributed by atoms with Crippen molar-refractivity contribution in [1.29, 1.82) is 0 Å². The molecule has 0 aliphatic carbocycles. The highest BCUT2D eigenvalue weighted by Crippen LogP contribution is 2.21. The van der Waals surface area contributed by atoms with Crippen molar-refractivity contribution in [2.75, 3.05) is 32.8 Å². The zero-order chi connectivity index (χ0) is 11.2. The van der Waals surface area contributed by atoms with Gasteiger partial charge in [0.15, 0.2) is 0 Å². The lowest BCUT2D eigenvalue weighted by atomic mass is 10.1. The van der Waals surface area contributed by atoms with E-state index in [1.165, 1.54) is 5.56 Å². The molecule has 0 saturated carbocycles. The van der Waals surface area contributed by atoms with Gasteiger partial charge in [-0.3, -0.25) is 9.88 Å². The Bertz CT molecular complexity index is 304. The maximum Gasteiger partial charge on any atom is 0.0967 e. The van der Waals surface area contributed by atoms with E-state index in [0.717, 1.165) is 39.2 Å². The minimum atomic E-state index is 0.167. The number of nitrogens with two attached hydrogens (primary N) is 1. The molecule has 1 saturated heterocycles. The van der Waals surface area contributed by atoms with Gasteiger partial charge in [0.05, 0.1) is 12.7 Å². The largest absolute Gasteiger partial charge is 0.371 e. The summed E-state index contributed by atoms with van der Waals surface area (Å²) in [6.07, 6.45) is 4.90. The van der Waals surface area contributed by atoms with E-state index in [-0.39, 0.29) is 6.10 Å². The number of pyridine rings is 1. The Morgan fingerprint density at radius 1 is 1.56 bits per heavy atom. The molecule has 0 spiro atoms. The molecule has 1 aromatic heterocycles. The summed E-state index contributed by atoms with van der Waals surface area (Å²) in [5.74, 6) is 0. The fourth-order valence-electron chi connectivity index (χ4n) is 1.99. The Labute approximate surface area is 96.4 Å². The van der Waals surface area contributed by atoms with Gasteiger partial charge in [0.2, 0.25) is 0 Å². The highest BCUT2D eigenvalue weighted by atomic mass is 16.5. The van der Waals surface area contributed by atoms with Gasteiger partial charge >= 0.3 is 0 Å². The van der Waals surface area contributed by atoms with E-state index in [9.17, 15) is 0 Å². The molecule has 1 aromatic rings. The lowest BCUT2D eigenvalue weighted by molar-refractivity contribution is -0.0301. The summed E-state index contributed by atoms with van der Waals surface area (Å²) in [7, 11) is 0. The van der Waals surface area contributed by atoms with E-state index < -0.39 is 0 Å². The van der Waals surface area contributed by atoms with E-state index >= 15 is 0 Å². The van der Waals surface area contributed by atoms with E-state index in [2.05, 4.69) is 16.0 Å². The molecule has 0 amide bonds. The summed E-state index contributed by atoms with van der Waals surface area (Å²) in [4.78, 5) is 6.54. The quantitative estimate of drug-likeness (QED) is 0.817. The standard InChI is InChI=1S/C12H19N3O/c13-4-2-6-15-7-8-16-12(10-15)11-3-1-5-14-9-11/h1,3,5,9,12H,2,4,6-8,10,13H2. The SMILES string of the molecule is NCCCN1CCOC(c2cccnc2)C1. The third-order valence-electron chi connectivity index (χ3n) is 2.89. The molecule has 1 unspecified atom stereocenters. The molecule has 4 nitrogen and oxygen atoms in total. The summed E-state index contributed by atoms with van der Waals surface area (Å²) in [6, 6.07) is 4.03. The minimum Gasteiger partial charge on any atom is -0.371 e. The van der Waals surface area contributed by atoms with Crippen LogP contribution >= 0.6 is 0 Å². The number of nitrogens with zero attached hydrogens (tertiary/aromatic N) is 2. The maximum atomic E-state index is 5.76. The molecule has 1 aliphatic rings. The van der Waals surface area contributed by atoms with Crippen molar-refractivity contribution in [2.24, 2.45) is 5.73 Å². The van der Waals surface area contributed by atoms with Gasteiger partial charge in [-0.1, -0.05) is 6.07 Å². The highest BCUT2D eigenvalue weighted by molar-refractivity contribution is 5.13. The maximum absolute atomic E-state index is 5.76. The zero-order valence-corrected chi connectivity index (χ0v) is 9.51. The lowest BCUT2D eigenvalue weighted by Crippen LogP contribution is -2.39. The van der Waals surface area contributed by atoms with Crippen LogP contribution in [0.5, 0.6) is 0 Å². The van der Waals surface area contributed by atoms with Crippen LogP contribution in [0, 0.1) is 0 Å². The molecule has 2 rings (SSSR count). The van der Waals surface area contributed by atoms with Crippen molar-refractivity contribution in [1.82, 2.24) is 9.88 Å². The fourth-order valence-corrected chi connectivity index (χ4v) is 1.99. The number of morpholine rings is 1. The van der Waals surface area contributed by atoms with Crippen LogP contribution in [-0.4, -0.2) is 42.7 Å². The van der Waals surface area contributed by atoms with Crippen LogP contribution in [0.2, 0.25) is 0 Å². The molecule has 1 aliphatic heterocycles. The Morgan fingerprint density at radius 3 is 3.25 bits per heavy atom. The Kier molecular flexibility index (Phi) is 4.27. The van der Waals surface area contributed by atoms with Crippen molar-refractivity contribution in [3.8, 4) is 0 Å². The zero-order valence-electron chi connectivity index (χ0n) is 9.51. The molecule has 2 N–H and O–H groups in total. The van der Waals surface area contributed by atoms with E-state index in [1.54, 1.807) is 6.20 Å². The van der Waals surface area contributed by atoms with Crippen molar-refractivity contribution >= 4 is 0 Å². The van der Waals surface area contributed by atoms with Crippen molar-refractivity contribution < 1.29 is 4.74 Å². The molecular weight excluding hydrogens is 202 g/mol. The average molecular weight is 221 g/mol. The molecule has 0 bridgehead atoms. The molecule has 88 valence electrons. The molecule has 1 atom stereocenters. The lowest BCUT2D eigenvalue weighted by Gasteiger charge is -2.32. The molecule has 1 fully saturated rings. The van der Waals surface area contributed by atoms with Crippen LogP contribution in [0.1, 0.15) is 18.1 Å². The van der Waals surface area contributed by atoms with Crippen LogP contribution in [0.4, 0.5) is 0 Å². The number of hydrogen-bond donors (Lipinski definition) is 1. The summed E-state index contributed by atoms with van der Waals surface area (Å²) in [6.45, 7) is 4.58. The number of ether oxygens (including phenoxy) is 1. The highest BCUT2D eigenvalue weighted by Gasteiger charge is 2.21. The molecular formula is C12H19N3O. The summed E-state index contributed by atoms with van der Waals surface area (Å²) in [5, 5.41) is 0. The van der Waals surface area contributed by atoms with Crippen molar-refractivity contribution in [3.05, 3.63) is 30.1 Å². The first-order valence-electron chi connectivity index (χ1n) is 5.84. The Morgan fingerprint density at radius 2 is 2.50 bits per heavy atom. The summed E-state index contributed by atoms with van der Waals surface area (Å²) < 4.78 is 5.76. The number of aromatic nitrogens is 1. The number of hydrogen-bond acceptors (Lipinski definition) is 4. The minimum absolute atomic E-state index is 0.167. The van der Waals surface area contributed by atoms with Crippen molar-refractivity contribution in [2.45, 2.75) is 12.5 Å². The van der Waals surface area contributed by atoms with Crippen LogP contribution in [-0.2, 0) is 4.74 Å². The van der Waals surface area contributed by atoms with Gasteiger partial charge in [0, 0.05) is 31.0 Å². The molecule has 16 heavy (non-hydrogen) atoms. The smallest absolute Gasteiger partial charge is 0.0967 e. The van der Waals surface area contributed by atoms with Gasteiger partial charge in [0.1, 0.15) is 0 Å². The van der Waals surface area contributed by atoms with Gasteiger partial charge in [-0.25, -0.2) is 0 Å². The third-order valence-corrected chi connectivity index (χ3v) is 2.89. The van der Waals surface area contributed by atoms with E-state index in [1.807, 2.05) is 12.3 Å². The second-order valence-electron chi connectivity index (χ2n) is 4.09. The Balaban J connectivity index is 1.91. The Hall–Kier alpha value is -0.970. The molecule has 0 aromatic carbocycles. The summed E-state index contributed by atoms with van der Waals surface area (Å²) in [5.41, 5.74) is 6.69. The topological polar surface area (TPSA) is 51.4 Å². The van der Waals surface area contributed by atoms with Crippen LogP contribution in [0.15, 0.2) is 24.5 Å². The first kappa shape index (κ1) is 11.5. The number of rotatable bonds is 4. The van der Waals surface area contributed by atoms with Crippen LogP contribution in [0.3, 0.4) is 0 Å². The monoisotopic (exact) mass is 221 g/mol. The third kappa shape index (κ3) is 3.01. The van der Waals surface area contributed by atoms with Gasteiger partial charge in [-0.05, 0) is 25.6 Å². The van der Waals surface area contributed by atoms with Crippen LogP contribution in [0.25, 0.3) is 0 Å². The normalized spacial score (nSPS) is 22.2.